The Bertz CT molecular complexity index is 1360. The fourth-order valence-electron chi connectivity index (χ4n) is 4.24. The summed E-state index contributed by atoms with van der Waals surface area (Å²) in [6.45, 7) is -2.50. The van der Waals surface area contributed by atoms with Gasteiger partial charge in [-0.2, -0.15) is 0 Å². The number of carbonyl (C=O) groups excluding carboxylic acids is 4. The van der Waals surface area contributed by atoms with E-state index in [4.69, 9.17) is 53.9 Å². The summed E-state index contributed by atoms with van der Waals surface area (Å²) in [6.07, 6.45) is 9.59. The Kier molecular flexibility index (Phi) is 22.5. The molecule has 0 aliphatic heterocycles. The third-order valence-electron chi connectivity index (χ3n) is 6.99. The topological polar surface area (TPSA) is 220 Å². The van der Waals surface area contributed by atoms with Gasteiger partial charge in [0.25, 0.3) is 0 Å². The van der Waals surface area contributed by atoms with E-state index in [1.54, 1.807) is 38.1 Å². The first-order chi connectivity index (χ1) is 23.6. The molecule has 8 N–H and O–H groups in total. The number of terminal acetylenes is 1. The van der Waals surface area contributed by atoms with E-state index in [0.29, 0.717) is 49.8 Å². The fourth-order valence-corrected chi connectivity index (χ4v) is 6.06. The van der Waals surface area contributed by atoms with Crippen LogP contribution >= 0.6 is 13.4 Å². The van der Waals surface area contributed by atoms with Crippen LogP contribution in [-0.4, -0.2) is 72.5 Å². The van der Waals surface area contributed by atoms with Crippen LogP contribution in [0.4, 0.5) is 10.5 Å². The van der Waals surface area contributed by atoms with Crippen molar-refractivity contribution >= 4 is 66.5 Å². The van der Waals surface area contributed by atoms with E-state index in [-0.39, 0.29) is 51.0 Å². The largest absolute Gasteiger partial charge is 0.352 e. The molecule has 1 aromatic carbocycles. The highest BCUT2D eigenvalue weighted by molar-refractivity contribution is 8.07. The molecule has 50 heavy (non-hydrogen) atoms. The quantitative estimate of drug-likeness (QED) is 0.0407. The summed E-state index contributed by atoms with van der Waals surface area (Å²) in [4.78, 5) is 70.4. The van der Waals surface area contributed by atoms with Gasteiger partial charge in [0.1, 0.15) is 12.1 Å². The zero-order valence-corrected chi connectivity index (χ0v) is 32.2. The third kappa shape index (κ3) is 21.0. The summed E-state index contributed by atoms with van der Waals surface area (Å²) in [7, 11) is 1.27. The minimum atomic E-state index is -3.44. The van der Waals surface area contributed by atoms with Crippen LogP contribution in [0, 0.1) is 18.3 Å². The molecule has 4 atom stereocenters. The van der Waals surface area contributed by atoms with Gasteiger partial charge in [-0.25, -0.2) is 4.79 Å². The van der Waals surface area contributed by atoms with Crippen molar-refractivity contribution in [3.63, 3.8) is 0 Å². The van der Waals surface area contributed by atoms with Gasteiger partial charge in [0.05, 0.1) is 19.8 Å². The van der Waals surface area contributed by atoms with E-state index < -0.39 is 43.4 Å². The lowest BCUT2D eigenvalue weighted by Crippen LogP contribution is -2.54. The van der Waals surface area contributed by atoms with Crippen LogP contribution in [0.25, 0.3) is 0 Å². The number of anilines is 1. The monoisotopic (exact) mass is 779 g/mol. The van der Waals surface area contributed by atoms with Crippen LogP contribution in [0.15, 0.2) is 24.3 Å². The van der Waals surface area contributed by atoms with E-state index in [1.807, 2.05) is 0 Å². The van der Waals surface area contributed by atoms with Crippen molar-refractivity contribution in [1.29, 1.82) is 0 Å². The average Bonchev–Trinajstić information content (AvgIpc) is 3.05. The average molecular weight is 780 g/mol. The van der Waals surface area contributed by atoms with Crippen LogP contribution in [-0.2, 0) is 62.7 Å². The van der Waals surface area contributed by atoms with Gasteiger partial charge in [0.15, 0.2) is 0 Å². The summed E-state index contributed by atoms with van der Waals surface area (Å²) >= 11 is 9.82. The highest BCUT2D eigenvalue weighted by Gasteiger charge is 2.29. The van der Waals surface area contributed by atoms with Crippen molar-refractivity contribution in [3.8, 4) is 12.3 Å². The van der Waals surface area contributed by atoms with Gasteiger partial charge in [-0.3, -0.25) is 14.4 Å². The highest BCUT2D eigenvalue weighted by atomic mass is 32.5. The SMILES string of the molecule is C#CCCCCOP(O)(=S)OCc1ccc(NC(=O)[C@H](CCCNC(N)=O)NC(=O)[C@@H](NC(=O)CCCCCOP(O)(=S)OC)C(C)C)cc1. The molecule has 0 bridgehead atoms. The number of benzene rings is 1. The van der Waals surface area contributed by atoms with Crippen molar-refractivity contribution in [1.82, 2.24) is 16.0 Å². The zero-order chi connectivity index (χ0) is 37.6. The number of carbonyl (C=O) groups is 4. The second-order valence-electron chi connectivity index (χ2n) is 11.5. The van der Waals surface area contributed by atoms with Crippen molar-refractivity contribution < 1.29 is 47.1 Å². The zero-order valence-electron chi connectivity index (χ0n) is 28.8. The molecule has 15 nitrogen and oxygen atoms in total. The molecule has 1 aromatic rings. The van der Waals surface area contributed by atoms with E-state index in [0.717, 1.165) is 6.42 Å². The van der Waals surface area contributed by atoms with E-state index in [9.17, 15) is 29.0 Å². The summed E-state index contributed by atoms with van der Waals surface area (Å²) in [5, 5.41) is 10.7. The molecule has 0 spiro atoms. The molecule has 0 saturated heterocycles. The van der Waals surface area contributed by atoms with Gasteiger partial charge >= 0.3 is 19.5 Å². The van der Waals surface area contributed by atoms with Gasteiger partial charge in [0, 0.05) is 32.2 Å². The Morgan fingerprint density at radius 1 is 0.900 bits per heavy atom. The second kappa shape index (κ2) is 24.7. The lowest BCUT2D eigenvalue weighted by atomic mass is 10.0. The van der Waals surface area contributed by atoms with E-state index >= 15 is 0 Å². The Labute approximate surface area is 305 Å². The predicted molar refractivity (Wildman–Crippen MR) is 198 cm³/mol. The lowest BCUT2D eigenvalue weighted by molar-refractivity contribution is -0.132. The van der Waals surface area contributed by atoms with Crippen LogP contribution in [0.2, 0.25) is 0 Å². The number of amides is 5. The number of hydrogen-bond donors (Lipinski definition) is 7. The summed E-state index contributed by atoms with van der Waals surface area (Å²) in [5.41, 5.74) is 6.25. The molecule has 0 aliphatic rings. The molecule has 19 heteroatoms. The maximum atomic E-state index is 13.4. The van der Waals surface area contributed by atoms with Crippen LogP contribution in [0.1, 0.15) is 77.2 Å². The van der Waals surface area contributed by atoms with Crippen molar-refractivity contribution in [2.24, 2.45) is 11.7 Å². The number of rotatable bonds is 26. The molecule has 1 rings (SSSR count). The molecule has 0 radical (unpaired) electrons. The molecule has 2 unspecified atom stereocenters. The maximum Gasteiger partial charge on any atom is 0.324 e. The van der Waals surface area contributed by atoms with Crippen LogP contribution in [0.5, 0.6) is 0 Å². The number of nitrogens with one attached hydrogen (secondary N) is 4. The molecule has 0 fully saturated rings. The molecule has 0 aliphatic carbocycles. The minimum absolute atomic E-state index is 0.0104. The Morgan fingerprint density at radius 3 is 2.14 bits per heavy atom. The molecule has 0 heterocycles. The second-order valence-corrected chi connectivity index (χ2v) is 17.3. The number of urea groups is 1. The van der Waals surface area contributed by atoms with Crippen LogP contribution in [0.3, 0.4) is 0 Å². The molecule has 282 valence electrons. The molecule has 0 aromatic heterocycles. The van der Waals surface area contributed by atoms with Crippen molar-refractivity contribution in [2.45, 2.75) is 90.3 Å². The first-order valence-corrected chi connectivity index (χ1v) is 21.4. The predicted octanol–water partition coefficient (Wildman–Crippen LogP) is 3.69. The van der Waals surface area contributed by atoms with Crippen molar-refractivity contribution in [3.05, 3.63) is 29.8 Å². The number of nitrogens with two attached hydrogens (primary N) is 1. The molecule has 0 saturated carbocycles. The van der Waals surface area contributed by atoms with Gasteiger partial charge in [0.2, 0.25) is 17.7 Å². The number of unbranched alkanes of at least 4 members (excludes halogenated alkanes) is 4. The maximum absolute atomic E-state index is 13.4. The van der Waals surface area contributed by atoms with Crippen LogP contribution < -0.4 is 27.0 Å². The van der Waals surface area contributed by atoms with Gasteiger partial charge in [-0.05, 0) is 85.8 Å². The molecular weight excluding hydrogens is 728 g/mol. The Balaban J connectivity index is 2.78. The van der Waals surface area contributed by atoms with Gasteiger partial charge in [-0.15, -0.1) is 12.3 Å². The Morgan fingerprint density at radius 2 is 1.54 bits per heavy atom. The van der Waals surface area contributed by atoms with Gasteiger partial charge < -0.3 is 54.9 Å². The first kappa shape index (κ1) is 45.5. The summed E-state index contributed by atoms with van der Waals surface area (Å²) in [5.74, 6) is 0.860. The van der Waals surface area contributed by atoms with E-state index in [1.165, 1.54) is 7.11 Å². The van der Waals surface area contributed by atoms with Crippen molar-refractivity contribution in [2.75, 3.05) is 32.2 Å². The smallest absolute Gasteiger partial charge is 0.324 e. The number of primary amides is 1. The summed E-state index contributed by atoms with van der Waals surface area (Å²) < 4.78 is 20.6. The number of hydrogen-bond acceptors (Lipinski definition) is 10. The highest BCUT2D eigenvalue weighted by Crippen LogP contribution is 2.45. The normalized spacial score (nSPS) is 14.7. The molecular formula is C31H51N5O10P2S2. The summed E-state index contributed by atoms with van der Waals surface area (Å²) in [6, 6.07) is 3.99. The molecule has 5 amide bonds. The first-order valence-electron chi connectivity index (χ1n) is 16.2. The minimum Gasteiger partial charge on any atom is -0.352 e. The van der Waals surface area contributed by atoms with E-state index in [2.05, 4.69) is 27.2 Å². The lowest BCUT2D eigenvalue weighted by Gasteiger charge is -2.25. The fraction of sp³-hybridized carbons (Fsp3) is 0.613. The Hall–Kier alpha value is -2.48. The third-order valence-corrected chi connectivity index (χ3v) is 10.3. The van der Waals surface area contributed by atoms with Gasteiger partial charge in [-0.1, -0.05) is 32.4 Å². The standard InChI is InChI=1S/C31H51N5O10P2S2/c1-5-6-7-10-21-45-48(42,50)46-22-24-15-17-25(18-16-24)34-29(38)26(13-12-19-33-31(32)40)35-30(39)28(23(2)3)36-27(37)14-9-8-11-20-44-47(41,49)43-4/h1,15-18,23,26,28H,6-14,19-22H2,2-4H3,(H,34,38)(H,35,39)(H,36,37)(H,41,49)(H,42,50)(H3,32,33,40)/t26-,28-,47?,48?/m0/s1.